The van der Waals surface area contributed by atoms with Gasteiger partial charge in [-0.1, -0.05) is 28.1 Å². The van der Waals surface area contributed by atoms with Gasteiger partial charge < -0.3 is 4.90 Å². The van der Waals surface area contributed by atoms with Crippen LogP contribution in [0.2, 0.25) is 0 Å². The molecular weight excluding hydrogens is 306 g/mol. The first-order valence-electron chi connectivity index (χ1n) is 6.15. The zero-order valence-corrected chi connectivity index (χ0v) is 11.8. The molecule has 0 atom stereocenters. The molecule has 1 fully saturated rings. The lowest BCUT2D eigenvalue weighted by molar-refractivity contribution is -0.128. The molecule has 96 valence electrons. The van der Waals surface area contributed by atoms with Gasteiger partial charge in [-0.15, -0.1) is 0 Å². The molecule has 0 aromatic heterocycles. The highest BCUT2D eigenvalue weighted by Crippen LogP contribution is 2.26. The molecule has 1 aliphatic heterocycles. The summed E-state index contributed by atoms with van der Waals surface area (Å²) < 4.78 is 1.03. The monoisotopic (exact) mass is 317 g/mol. The van der Waals surface area contributed by atoms with E-state index in [0.717, 1.165) is 20.9 Å². The third-order valence-electron chi connectivity index (χ3n) is 3.36. The molecule has 3 rings (SSSR count). The molecule has 0 aliphatic carbocycles. The van der Waals surface area contributed by atoms with Gasteiger partial charge in [0.15, 0.2) is 0 Å². The number of ketones is 1. The Hall–Kier alpha value is -1.68. The highest BCUT2D eigenvalue weighted by molar-refractivity contribution is 9.10. The lowest BCUT2D eigenvalue weighted by Crippen LogP contribution is -2.38. The average molecular weight is 318 g/mol. The number of hydrogen-bond donors (Lipinski definition) is 0. The van der Waals surface area contributed by atoms with Crippen molar-refractivity contribution in [2.24, 2.45) is 0 Å². The average Bonchev–Trinajstić information content (AvgIpc) is 2.38. The molecule has 0 bridgehead atoms. The van der Waals surface area contributed by atoms with Gasteiger partial charge in [0.25, 0.3) is 0 Å². The number of halogens is 1. The second-order valence-corrected chi connectivity index (χ2v) is 5.60. The van der Waals surface area contributed by atoms with E-state index in [-0.39, 0.29) is 18.1 Å². The third-order valence-corrected chi connectivity index (χ3v) is 3.85. The van der Waals surface area contributed by atoms with Crippen molar-refractivity contribution in [1.82, 2.24) is 0 Å². The number of piperidine rings is 1. The van der Waals surface area contributed by atoms with E-state index in [1.54, 1.807) is 4.90 Å². The standard InChI is InChI=1S/C15H12BrNO2/c16-12-3-1-11-8-13(4-2-10(11)7-12)17-6-5-14(18)9-15(17)19/h1-4,7-8H,5-6,9H2. The van der Waals surface area contributed by atoms with Crippen LogP contribution in [0.1, 0.15) is 12.8 Å². The summed E-state index contributed by atoms with van der Waals surface area (Å²) in [5.41, 5.74) is 0.868. The highest BCUT2D eigenvalue weighted by atomic mass is 79.9. The molecule has 2 aromatic rings. The van der Waals surface area contributed by atoms with Crippen LogP contribution in [0.4, 0.5) is 5.69 Å². The van der Waals surface area contributed by atoms with Gasteiger partial charge in [0, 0.05) is 23.1 Å². The minimum absolute atomic E-state index is 0.0262. The number of carbonyl (C=O) groups excluding carboxylic acids is 2. The molecule has 1 heterocycles. The predicted octanol–water partition coefficient (Wildman–Crippen LogP) is 3.30. The van der Waals surface area contributed by atoms with Crippen molar-refractivity contribution in [3.05, 3.63) is 40.9 Å². The first-order valence-corrected chi connectivity index (χ1v) is 6.94. The summed E-state index contributed by atoms with van der Waals surface area (Å²) in [6, 6.07) is 12.0. The molecular formula is C15H12BrNO2. The summed E-state index contributed by atoms with van der Waals surface area (Å²) >= 11 is 3.44. The van der Waals surface area contributed by atoms with Crippen LogP contribution in [-0.4, -0.2) is 18.2 Å². The Morgan fingerprint density at radius 3 is 2.53 bits per heavy atom. The van der Waals surface area contributed by atoms with Gasteiger partial charge in [-0.05, 0) is 35.0 Å². The van der Waals surface area contributed by atoms with E-state index in [4.69, 9.17) is 0 Å². The number of benzene rings is 2. The molecule has 1 amide bonds. The van der Waals surface area contributed by atoms with Crippen molar-refractivity contribution in [3.8, 4) is 0 Å². The Morgan fingerprint density at radius 2 is 1.74 bits per heavy atom. The number of carbonyl (C=O) groups is 2. The minimum atomic E-state index is -0.104. The molecule has 1 aliphatic rings. The zero-order valence-electron chi connectivity index (χ0n) is 10.2. The minimum Gasteiger partial charge on any atom is -0.312 e. The summed E-state index contributed by atoms with van der Waals surface area (Å²) in [5.74, 6) is -0.0707. The molecule has 0 radical (unpaired) electrons. The quantitative estimate of drug-likeness (QED) is 0.757. The summed E-state index contributed by atoms with van der Waals surface area (Å²) in [4.78, 5) is 24.8. The molecule has 0 saturated carbocycles. The van der Waals surface area contributed by atoms with E-state index in [1.807, 2.05) is 36.4 Å². The van der Waals surface area contributed by atoms with E-state index in [0.29, 0.717) is 13.0 Å². The molecule has 2 aromatic carbocycles. The van der Waals surface area contributed by atoms with Crippen molar-refractivity contribution in [3.63, 3.8) is 0 Å². The van der Waals surface area contributed by atoms with Crippen LogP contribution in [0.25, 0.3) is 10.8 Å². The SMILES string of the molecule is O=C1CCN(c2ccc3cc(Br)ccc3c2)C(=O)C1. The van der Waals surface area contributed by atoms with Crippen LogP contribution in [-0.2, 0) is 9.59 Å². The van der Waals surface area contributed by atoms with E-state index in [2.05, 4.69) is 15.9 Å². The van der Waals surface area contributed by atoms with Crippen molar-refractivity contribution in [1.29, 1.82) is 0 Å². The lowest BCUT2D eigenvalue weighted by atomic mass is 10.1. The summed E-state index contributed by atoms with van der Waals surface area (Å²) in [7, 11) is 0. The van der Waals surface area contributed by atoms with E-state index < -0.39 is 0 Å². The molecule has 0 N–H and O–H groups in total. The fourth-order valence-corrected chi connectivity index (χ4v) is 2.74. The van der Waals surface area contributed by atoms with Crippen molar-refractivity contribution in [2.75, 3.05) is 11.4 Å². The van der Waals surface area contributed by atoms with Crippen molar-refractivity contribution >= 4 is 44.1 Å². The van der Waals surface area contributed by atoms with Crippen molar-refractivity contribution in [2.45, 2.75) is 12.8 Å². The van der Waals surface area contributed by atoms with E-state index in [1.165, 1.54) is 0 Å². The summed E-state index contributed by atoms with van der Waals surface area (Å²) in [6.45, 7) is 0.486. The number of Topliss-reactive ketones (excluding diaryl/α,β-unsaturated/α-hetero) is 1. The van der Waals surface area contributed by atoms with Crippen LogP contribution in [0, 0.1) is 0 Å². The maximum Gasteiger partial charge on any atom is 0.234 e. The Kier molecular flexibility index (Phi) is 3.11. The van der Waals surface area contributed by atoms with E-state index in [9.17, 15) is 9.59 Å². The smallest absolute Gasteiger partial charge is 0.234 e. The van der Waals surface area contributed by atoms with E-state index >= 15 is 0 Å². The van der Waals surface area contributed by atoms with Gasteiger partial charge >= 0.3 is 0 Å². The van der Waals surface area contributed by atoms with Crippen LogP contribution in [0.3, 0.4) is 0 Å². The largest absolute Gasteiger partial charge is 0.312 e. The Labute approximate surface area is 119 Å². The van der Waals surface area contributed by atoms with Crippen LogP contribution in [0.5, 0.6) is 0 Å². The number of nitrogens with zero attached hydrogens (tertiary/aromatic N) is 1. The van der Waals surface area contributed by atoms with Crippen molar-refractivity contribution < 1.29 is 9.59 Å². The summed E-state index contributed by atoms with van der Waals surface area (Å²) in [5, 5.41) is 2.21. The number of anilines is 1. The number of fused-ring (bicyclic) bond motifs is 1. The fraction of sp³-hybridized carbons (Fsp3) is 0.200. The number of hydrogen-bond acceptors (Lipinski definition) is 2. The number of rotatable bonds is 1. The first kappa shape index (κ1) is 12.4. The Morgan fingerprint density at radius 1 is 1.00 bits per heavy atom. The Balaban J connectivity index is 1.99. The topological polar surface area (TPSA) is 37.4 Å². The van der Waals surface area contributed by atoms with Gasteiger partial charge in [-0.25, -0.2) is 0 Å². The van der Waals surface area contributed by atoms with Crippen LogP contribution in [0.15, 0.2) is 40.9 Å². The molecule has 4 heteroatoms. The lowest BCUT2D eigenvalue weighted by Gasteiger charge is -2.26. The fourth-order valence-electron chi connectivity index (χ4n) is 2.36. The van der Waals surface area contributed by atoms with Gasteiger partial charge in [0.1, 0.15) is 5.78 Å². The second kappa shape index (κ2) is 4.78. The second-order valence-electron chi connectivity index (χ2n) is 4.69. The maximum absolute atomic E-state index is 11.9. The normalized spacial score (nSPS) is 16.2. The highest BCUT2D eigenvalue weighted by Gasteiger charge is 2.24. The molecule has 0 unspecified atom stereocenters. The van der Waals surface area contributed by atoms with Crippen LogP contribution < -0.4 is 4.90 Å². The number of amides is 1. The van der Waals surface area contributed by atoms with Gasteiger partial charge in [0.2, 0.25) is 5.91 Å². The molecule has 0 spiro atoms. The molecule has 3 nitrogen and oxygen atoms in total. The van der Waals surface area contributed by atoms with Gasteiger partial charge in [-0.2, -0.15) is 0 Å². The first-order chi connectivity index (χ1) is 9.13. The van der Waals surface area contributed by atoms with Gasteiger partial charge in [-0.3, -0.25) is 9.59 Å². The third kappa shape index (κ3) is 2.40. The molecule has 19 heavy (non-hydrogen) atoms. The van der Waals surface area contributed by atoms with Gasteiger partial charge in [0.05, 0.1) is 6.42 Å². The Bertz CT molecular complexity index is 681. The van der Waals surface area contributed by atoms with Crippen LogP contribution >= 0.6 is 15.9 Å². The predicted molar refractivity (Wildman–Crippen MR) is 78.2 cm³/mol. The maximum atomic E-state index is 11.9. The zero-order chi connectivity index (χ0) is 13.4. The molecule has 1 saturated heterocycles. The summed E-state index contributed by atoms with van der Waals surface area (Å²) in [6.07, 6.45) is 0.475.